The molecule has 0 radical (unpaired) electrons. The average molecular weight is 419 g/mol. The van der Waals surface area contributed by atoms with Crippen molar-refractivity contribution in [1.29, 1.82) is 0 Å². The SMILES string of the molecule is O=C(CN1CCC(NC(=O)CCCc2c[nH]c3ccccc23)CC1)Nc1ccccc1. The van der Waals surface area contributed by atoms with Gasteiger partial charge < -0.3 is 15.6 Å². The van der Waals surface area contributed by atoms with Crippen molar-refractivity contribution in [1.82, 2.24) is 15.2 Å². The molecule has 3 aromatic rings. The van der Waals surface area contributed by atoms with Crippen LogP contribution in [0.4, 0.5) is 5.69 Å². The number of fused-ring (bicyclic) bond motifs is 1. The maximum atomic E-state index is 12.4. The maximum absolute atomic E-state index is 12.4. The van der Waals surface area contributed by atoms with Gasteiger partial charge in [-0.1, -0.05) is 36.4 Å². The molecule has 0 aliphatic carbocycles. The molecule has 0 saturated carbocycles. The van der Waals surface area contributed by atoms with Gasteiger partial charge in [0.25, 0.3) is 0 Å². The molecule has 3 N–H and O–H groups in total. The van der Waals surface area contributed by atoms with Crippen molar-refractivity contribution in [2.75, 3.05) is 25.0 Å². The van der Waals surface area contributed by atoms with Gasteiger partial charge in [-0.05, 0) is 49.4 Å². The normalized spacial score (nSPS) is 15.1. The van der Waals surface area contributed by atoms with Crippen LogP contribution in [0, 0.1) is 0 Å². The number of carbonyl (C=O) groups is 2. The second-order valence-electron chi connectivity index (χ2n) is 8.25. The van der Waals surface area contributed by atoms with Crippen molar-refractivity contribution in [2.24, 2.45) is 0 Å². The first kappa shape index (κ1) is 21.1. The fourth-order valence-corrected chi connectivity index (χ4v) is 4.24. The van der Waals surface area contributed by atoms with Gasteiger partial charge in [0.05, 0.1) is 6.54 Å². The second kappa shape index (κ2) is 10.3. The van der Waals surface area contributed by atoms with Gasteiger partial charge in [-0.2, -0.15) is 0 Å². The fourth-order valence-electron chi connectivity index (χ4n) is 4.24. The highest BCUT2D eigenvalue weighted by molar-refractivity contribution is 5.92. The second-order valence-corrected chi connectivity index (χ2v) is 8.25. The highest BCUT2D eigenvalue weighted by atomic mass is 16.2. The van der Waals surface area contributed by atoms with E-state index in [9.17, 15) is 9.59 Å². The molecule has 1 saturated heterocycles. The van der Waals surface area contributed by atoms with Crippen LogP contribution in [0.1, 0.15) is 31.2 Å². The number of piperidine rings is 1. The third-order valence-corrected chi connectivity index (χ3v) is 5.90. The number of benzene rings is 2. The number of anilines is 1. The summed E-state index contributed by atoms with van der Waals surface area (Å²) in [6, 6.07) is 18.0. The molecule has 162 valence electrons. The van der Waals surface area contributed by atoms with E-state index >= 15 is 0 Å². The van der Waals surface area contributed by atoms with Crippen LogP contribution in [0.25, 0.3) is 10.9 Å². The molecule has 4 rings (SSSR count). The van der Waals surface area contributed by atoms with Gasteiger partial charge >= 0.3 is 0 Å². The topological polar surface area (TPSA) is 77.2 Å². The van der Waals surface area contributed by atoms with E-state index in [-0.39, 0.29) is 17.9 Å². The predicted octanol–water partition coefficient (Wildman–Crippen LogP) is 3.71. The molecule has 2 aromatic carbocycles. The Morgan fingerprint density at radius 2 is 1.71 bits per heavy atom. The number of nitrogens with zero attached hydrogens (tertiary/aromatic N) is 1. The van der Waals surface area contributed by atoms with Gasteiger partial charge in [-0.25, -0.2) is 0 Å². The fraction of sp³-hybridized carbons (Fsp3) is 0.360. The summed E-state index contributed by atoms with van der Waals surface area (Å²) in [5.41, 5.74) is 3.24. The molecule has 0 bridgehead atoms. The molecule has 0 atom stereocenters. The van der Waals surface area contributed by atoms with Crippen molar-refractivity contribution in [3.05, 3.63) is 66.4 Å². The molecule has 1 aliphatic rings. The number of aromatic nitrogens is 1. The number of aryl methyl sites for hydroxylation is 1. The zero-order chi connectivity index (χ0) is 21.5. The van der Waals surface area contributed by atoms with E-state index in [1.807, 2.05) is 48.7 Å². The minimum absolute atomic E-state index is 0.00552. The summed E-state index contributed by atoms with van der Waals surface area (Å²) in [6.07, 6.45) is 6.09. The molecule has 0 spiro atoms. The van der Waals surface area contributed by atoms with Crippen LogP contribution in [0.2, 0.25) is 0 Å². The molecule has 6 heteroatoms. The van der Waals surface area contributed by atoms with Crippen LogP contribution in [-0.2, 0) is 16.0 Å². The number of para-hydroxylation sites is 2. The molecular formula is C25H30N4O2. The first-order valence-corrected chi connectivity index (χ1v) is 11.1. The Hall–Kier alpha value is -3.12. The molecule has 1 fully saturated rings. The monoisotopic (exact) mass is 418 g/mol. The van der Waals surface area contributed by atoms with E-state index in [0.29, 0.717) is 13.0 Å². The molecule has 31 heavy (non-hydrogen) atoms. The van der Waals surface area contributed by atoms with Crippen LogP contribution in [0.3, 0.4) is 0 Å². The first-order chi connectivity index (χ1) is 15.2. The highest BCUT2D eigenvalue weighted by Gasteiger charge is 2.22. The Labute approximate surface area is 183 Å². The third-order valence-electron chi connectivity index (χ3n) is 5.90. The summed E-state index contributed by atoms with van der Waals surface area (Å²) < 4.78 is 0. The number of nitrogens with one attached hydrogen (secondary N) is 3. The van der Waals surface area contributed by atoms with Gasteiger partial charge in [0.2, 0.25) is 11.8 Å². The molecular weight excluding hydrogens is 388 g/mol. The number of carbonyl (C=O) groups excluding carboxylic acids is 2. The number of hydrogen-bond donors (Lipinski definition) is 3. The smallest absolute Gasteiger partial charge is 0.238 e. The van der Waals surface area contributed by atoms with Crippen LogP contribution in [0.15, 0.2) is 60.8 Å². The summed E-state index contributed by atoms with van der Waals surface area (Å²) in [5, 5.41) is 7.34. The van der Waals surface area contributed by atoms with Gasteiger partial charge in [0, 0.05) is 48.3 Å². The Morgan fingerprint density at radius 1 is 0.968 bits per heavy atom. The van der Waals surface area contributed by atoms with E-state index in [1.54, 1.807) is 0 Å². The lowest BCUT2D eigenvalue weighted by Crippen LogP contribution is -2.46. The van der Waals surface area contributed by atoms with E-state index < -0.39 is 0 Å². The Balaban J connectivity index is 1.13. The van der Waals surface area contributed by atoms with Crippen molar-refractivity contribution >= 4 is 28.4 Å². The molecule has 1 aromatic heterocycles. The standard InChI is InChI=1S/C25H30N4O2/c30-24(12-6-7-19-17-26-23-11-5-4-10-22(19)23)27-21-13-15-29(16-14-21)18-25(31)28-20-8-2-1-3-9-20/h1-5,8-11,17,21,26H,6-7,12-16,18H2,(H,27,30)(H,28,31). The summed E-state index contributed by atoms with van der Waals surface area (Å²) in [7, 11) is 0. The molecule has 1 aliphatic heterocycles. The summed E-state index contributed by atoms with van der Waals surface area (Å²) in [5.74, 6) is 0.131. The van der Waals surface area contributed by atoms with E-state index in [4.69, 9.17) is 0 Å². The van der Waals surface area contributed by atoms with Gasteiger partial charge in [0.15, 0.2) is 0 Å². The predicted molar refractivity (Wildman–Crippen MR) is 124 cm³/mol. The lowest BCUT2D eigenvalue weighted by atomic mass is 10.0. The Bertz CT molecular complexity index is 1010. The number of aromatic amines is 1. The average Bonchev–Trinajstić information content (AvgIpc) is 3.19. The van der Waals surface area contributed by atoms with Crippen molar-refractivity contribution in [3.63, 3.8) is 0 Å². The van der Waals surface area contributed by atoms with Crippen LogP contribution in [0.5, 0.6) is 0 Å². The van der Waals surface area contributed by atoms with Crippen molar-refractivity contribution < 1.29 is 9.59 Å². The number of rotatable bonds is 8. The number of likely N-dealkylation sites (tertiary alicyclic amines) is 1. The molecule has 2 amide bonds. The first-order valence-electron chi connectivity index (χ1n) is 11.1. The van der Waals surface area contributed by atoms with Crippen molar-refractivity contribution in [3.8, 4) is 0 Å². The molecule has 6 nitrogen and oxygen atoms in total. The van der Waals surface area contributed by atoms with Gasteiger partial charge in [-0.15, -0.1) is 0 Å². The lowest BCUT2D eigenvalue weighted by Gasteiger charge is -2.31. The number of H-pyrrole nitrogens is 1. The molecule has 2 heterocycles. The summed E-state index contributed by atoms with van der Waals surface area (Å²) >= 11 is 0. The lowest BCUT2D eigenvalue weighted by molar-refractivity contribution is -0.122. The zero-order valence-corrected chi connectivity index (χ0v) is 17.8. The van der Waals surface area contributed by atoms with Crippen LogP contribution in [-0.4, -0.2) is 47.4 Å². The van der Waals surface area contributed by atoms with Crippen LogP contribution < -0.4 is 10.6 Å². The highest BCUT2D eigenvalue weighted by Crippen LogP contribution is 2.19. The Morgan fingerprint density at radius 3 is 2.52 bits per heavy atom. The van der Waals surface area contributed by atoms with Crippen molar-refractivity contribution in [2.45, 2.75) is 38.1 Å². The van der Waals surface area contributed by atoms with Gasteiger partial charge in [-0.3, -0.25) is 14.5 Å². The van der Waals surface area contributed by atoms with E-state index in [2.05, 4.69) is 32.7 Å². The largest absolute Gasteiger partial charge is 0.361 e. The van der Waals surface area contributed by atoms with Crippen LogP contribution >= 0.6 is 0 Å². The third kappa shape index (κ3) is 5.95. The minimum atomic E-state index is 0.00552. The number of amides is 2. The summed E-state index contributed by atoms with van der Waals surface area (Å²) in [4.78, 5) is 30.0. The van der Waals surface area contributed by atoms with Gasteiger partial charge in [0.1, 0.15) is 0 Å². The minimum Gasteiger partial charge on any atom is -0.361 e. The Kier molecular flexibility index (Phi) is 6.99. The van der Waals surface area contributed by atoms with E-state index in [1.165, 1.54) is 10.9 Å². The zero-order valence-electron chi connectivity index (χ0n) is 17.8. The summed E-state index contributed by atoms with van der Waals surface area (Å²) in [6.45, 7) is 2.03. The maximum Gasteiger partial charge on any atom is 0.238 e. The quantitative estimate of drug-likeness (QED) is 0.522. The van der Waals surface area contributed by atoms with E-state index in [0.717, 1.165) is 50.0 Å². The number of hydrogen-bond acceptors (Lipinski definition) is 3. The molecule has 0 unspecified atom stereocenters.